The van der Waals surface area contributed by atoms with Crippen molar-refractivity contribution in [1.82, 2.24) is 20.4 Å². The highest BCUT2D eigenvalue weighted by Gasteiger charge is 2.11. The normalized spacial score (nSPS) is 10.6. The van der Waals surface area contributed by atoms with Crippen LogP contribution >= 0.6 is 0 Å². The van der Waals surface area contributed by atoms with Crippen LogP contribution in [0.5, 0.6) is 0 Å². The molecule has 1 aromatic carbocycles. The van der Waals surface area contributed by atoms with Crippen LogP contribution < -0.4 is 16.0 Å². The van der Waals surface area contributed by atoms with E-state index < -0.39 is 0 Å². The van der Waals surface area contributed by atoms with Crippen LogP contribution in [0.4, 0.5) is 10.5 Å². The van der Waals surface area contributed by atoms with Crippen LogP contribution in [-0.4, -0.2) is 34.8 Å². The summed E-state index contributed by atoms with van der Waals surface area (Å²) in [6.07, 6.45) is 0.701. The Hall–Kier alpha value is -2.83. The van der Waals surface area contributed by atoms with Crippen LogP contribution in [0.15, 0.2) is 12.1 Å². The first-order valence-corrected chi connectivity index (χ1v) is 9.07. The Morgan fingerprint density at radius 1 is 1.04 bits per heavy atom. The van der Waals surface area contributed by atoms with Crippen LogP contribution in [-0.2, 0) is 18.3 Å². The molecule has 7 nitrogen and oxygen atoms in total. The van der Waals surface area contributed by atoms with Crippen molar-refractivity contribution in [3.8, 4) is 0 Å². The zero-order valence-corrected chi connectivity index (χ0v) is 17.0. The third-order valence-corrected chi connectivity index (χ3v) is 4.67. The lowest BCUT2D eigenvalue weighted by Gasteiger charge is -2.13. The van der Waals surface area contributed by atoms with Gasteiger partial charge < -0.3 is 16.0 Å². The highest BCUT2D eigenvalue weighted by molar-refractivity contribution is 5.95. The molecular weight excluding hydrogens is 342 g/mol. The van der Waals surface area contributed by atoms with E-state index in [1.54, 1.807) is 0 Å². The third kappa shape index (κ3) is 5.32. The Bertz CT molecular complexity index is 831. The predicted octanol–water partition coefficient (Wildman–Crippen LogP) is 2.44. The monoisotopic (exact) mass is 371 g/mol. The number of hydrogen-bond acceptors (Lipinski definition) is 3. The molecule has 2 aromatic rings. The number of aromatic nitrogens is 2. The fourth-order valence-electron chi connectivity index (χ4n) is 3.26. The van der Waals surface area contributed by atoms with Crippen molar-refractivity contribution in [1.29, 1.82) is 0 Å². The molecule has 0 aliphatic heterocycles. The van der Waals surface area contributed by atoms with Gasteiger partial charge in [0.05, 0.1) is 12.2 Å². The van der Waals surface area contributed by atoms with E-state index >= 15 is 0 Å². The molecular formula is C20H29N5O2. The summed E-state index contributed by atoms with van der Waals surface area (Å²) in [7, 11) is 1.90. The maximum absolute atomic E-state index is 12.1. The van der Waals surface area contributed by atoms with Crippen LogP contribution in [0.2, 0.25) is 0 Å². The van der Waals surface area contributed by atoms with E-state index in [4.69, 9.17) is 0 Å². The number of anilines is 1. The molecule has 0 aliphatic carbocycles. The van der Waals surface area contributed by atoms with Gasteiger partial charge >= 0.3 is 6.03 Å². The van der Waals surface area contributed by atoms with Gasteiger partial charge in [-0.3, -0.25) is 9.48 Å². The van der Waals surface area contributed by atoms with E-state index in [2.05, 4.69) is 21.0 Å². The summed E-state index contributed by atoms with van der Waals surface area (Å²) in [5.74, 6) is -0.251. The average Bonchev–Trinajstić information content (AvgIpc) is 2.82. The van der Waals surface area contributed by atoms with E-state index in [-0.39, 0.29) is 18.5 Å². The van der Waals surface area contributed by atoms with Crippen LogP contribution in [0.1, 0.15) is 33.6 Å². The Morgan fingerprint density at radius 3 is 2.22 bits per heavy atom. The van der Waals surface area contributed by atoms with Gasteiger partial charge in [-0.25, -0.2) is 4.79 Å². The second-order valence-corrected chi connectivity index (χ2v) is 6.95. The summed E-state index contributed by atoms with van der Waals surface area (Å²) in [5.41, 5.74) is 7.18. The Kier molecular flexibility index (Phi) is 6.60. The summed E-state index contributed by atoms with van der Waals surface area (Å²) in [6, 6.07) is 3.68. The molecule has 0 saturated carbocycles. The first-order chi connectivity index (χ1) is 12.7. The number of rotatable bonds is 6. The standard InChI is InChI=1S/C20H29N5O2/c1-12-9-13(2)19(14(3)10-12)23-18(26)11-22-20(27)21-8-7-17-15(4)24-25(6)16(17)5/h9-10H,7-8,11H2,1-6H3,(H,23,26)(H2,21,22,27). The van der Waals surface area contributed by atoms with Gasteiger partial charge in [-0.15, -0.1) is 0 Å². The van der Waals surface area contributed by atoms with Crippen LogP contribution in [0.25, 0.3) is 0 Å². The molecule has 27 heavy (non-hydrogen) atoms. The van der Waals surface area contributed by atoms with Crippen LogP contribution in [0, 0.1) is 34.6 Å². The van der Waals surface area contributed by atoms with Gasteiger partial charge in [0.1, 0.15) is 0 Å². The maximum atomic E-state index is 12.1. The lowest BCUT2D eigenvalue weighted by molar-refractivity contribution is -0.115. The summed E-state index contributed by atoms with van der Waals surface area (Å²) >= 11 is 0. The highest BCUT2D eigenvalue weighted by atomic mass is 16.2. The second-order valence-electron chi connectivity index (χ2n) is 6.95. The number of amides is 3. The van der Waals surface area contributed by atoms with Crippen molar-refractivity contribution in [2.75, 3.05) is 18.4 Å². The second kappa shape index (κ2) is 8.70. The molecule has 0 fully saturated rings. The zero-order valence-electron chi connectivity index (χ0n) is 17.0. The van der Waals surface area contributed by atoms with Crippen molar-refractivity contribution in [3.05, 3.63) is 45.8 Å². The molecule has 0 spiro atoms. The molecule has 0 radical (unpaired) electrons. The minimum Gasteiger partial charge on any atom is -0.338 e. The number of carbonyl (C=O) groups is 2. The molecule has 0 unspecified atom stereocenters. The molecule has 7 heteroatoms. The van der Waals surface area contributed by atoms with Gasteiger partial charge in [-0.1, -0.05) is 17.7 Å². The molecule has 146 valence electrons. The van der Waals surface area contributed by atoms with Crippen molar-refractivity contribution in [2.45, 2.75) is 41.0 Å². The van der Waals surface area contributed by atoms with Gasteiger partial charge in [-0.2, -0.15) is 5.10 Å². The zero-order chi connectivity index (χ0) is 20.1. The quantitative estimate of drug-likeness (QED) is 0.729. The summed E-state index contributed by atoms with van der Waals surface area (Å²) in [4.78, 5) is 24.0. The van der Waals surface area contributed by atoms with Crippen LogP contribution in [0.3, 0.4) is 0 Å². The van der Waals surface area contributed by atoms with Gasteiger partial charge in [-0.05, 0) is 57.7 Å². The predicted molar refractivity (Wildman–Crippen MR) is 107 cm³/mol. The smallest absolute Gasteiger partial charge is 0.315 e. The van der Waals surface area contributed by atoms with E-state index in [0.29, 0.717) is 13.0 Å². The lowest BCUT2D eigenvalue weighted by Crippen LogP contribution is -2.40. The SMILES string of the molecule is Cc1cc(C)c(NC(=O)CNC(=O)NCCc2c(C)nn(C)c2C)c(C)c1. The van der Waals surface area contributed by atoms with Crippen molar-refractivity contribution in [3.63, 3.8) is 0 Å². The minimum atomic E-state index is -0.360. The molecule has 0 bridgehead atoms. The molecule has 3 amide bonds. The van der Waals surface area contributed by atoms with Gasteiger partial charge in [0.2, 0.25) is 5.91 Å². The highest BCUT2D eigenvalue weighted by Crippen LogP contribution is 2.21. The van der Waals surface area contributed by atoms with Gasteiger partial charge in [0, 0.05) is 25.0 Å². The van der Waals surface area contributed by atoms with Crippen molar-refractivity contribution < 1.29 is 9.59 Å². The Labute approximate surface area is 160 Å². The number of nitrogens with zero attached hydrogens (tertiary/aromatic N) is 2. The fourth-order valence-corrected chi connectivity index (χ4v) is 3.26. The Balaban J connectivity index is 1.78. The third-order valence-electron chi connectivity index (χ3n) is 4.67. The minimum absolute atomic E-state index is 0.0798. The molecule has 3 N–H and O–H groups in total. The average molecular weight is 371 g/mol. The number of carbonyl (C=O) groups excluding carboxylic acids is 2. The lowest BCUT2D eigenvalue weighted by atomic mass is 10.1. The van der Waals surface area contributed by atoms with E-state index in [1.807, 2.05) is 58.5 Å². The molecule has 0 atom stereocenters. The van der Waals surface area contributed by atoms with Crippen molar-refractivity contribution >= 4 is 17.6 Å². The number of benzene rings is 1. The summed E-state index contributed by atoms with van der Waals surface area (Å²) in [6.45, 7) is 10.3. The number of nitrogens with one attached hydrogen (secondary N) is 3. The van der Waals surface area contributed by atoms with E-state index in [0.717, 1.165) is 39.3 Å². The maximum Gasteiger partial charge on any atom is 0.315 e. The topological polar surface area (TPSA) is 88.1 Å². The summed E-state index contributed by atoms with van der Waals surface area (Å²) in [5, 5.41) is 12.6. The fraction of sp³-hybridized carbons (Fsp3) is 0.450. The van der Waals surface area contributed by atoms with E-state index in [1.165, 1.54) is 0 Å². The van der Waals surface area contributed by atoms with E-state index in [9.17, 15) is 9.59 Å². The number of hydrogen-bond donors (Lipinski definition) is 3. The number of aryl methyl sites for hydroxylation is 5. The largest absolute Gasteiger partial charge is 0.338 e. The molecule has 1 heterocycles. The molecule has 0 saturated heterocycles. The first-order valence-electron chi connectivity index (χ1n) is 9.07. The number of urea groups is 1. The Morgan fingerprint density at radius 2 is 1.67 bits per heavy atom. The molecule has 2 rings (SSSR count). The molecule has 1 aromatic heterocycles. The van der Waals surface area contributed by atoms with Gasteiger partial charge in [0.25, 0.3) is 0 Å². The van der Waals surface area contributed by atoms with Gasteiger partial charge in [0.15, 0.2) is 0 Å². The summed E-state index contributed by atoms with van der Waals surface area (Å²) < 4.78 is 1.84. The first kappa shape index (κ1) is 20.5. The van der Waals surface area contributed by atoms with Crippen molar-refractivity contribution in [2.24, 2.45) is 7.05 Å². The molecule has 0 aliphatic rings.